The molecule has 1 aliphatic rings. The number of rotatable bonds is 6. The summed E-state index contributed by atoms with van der Waals surface area (Å²) in [5.41, 5.74) is 0. The van der Waals surface area contributed by atoms with Crippen molar-refractivity contribution in [2.24, 2.45) is 5.92 Å². The molecule has 7 heteroatoms. The minimum atomic E-state index is -0.829. The minimum Gasteiger partial charge on any atom is -0.481 e. The van der Waals surface area contributed by atoms with E-state index in [9.17, 15) is 14.4 Å². The van der Waals surface area contributed by atoms with Crippen LogP contribution >= 0.6 is 0 Å². The van der Waals surface area contributed by atoms with Crippen LogP contribution in [0.2, 0.25) is 0 Å². The quantitative estimate of drug-likeness (QED) is 0.744. The summed E-state index contributed by atoms with van der Waals surface area (Å²) < 4.78 is 4.82. The molecule has 1 fully saturated rings. The summed E-state index contributed by atoms with van der Waals surface area (Å²) in [5, 5.41) is 8.83. The van der Waals surface area contributed by atoms with Gasteiger partial charge in [0, 0.05) is 33.1 Å². The lowest BCUT2D eigenvalue weighted by molar-refractivity contribution is -0.143. The maximum absolute atomic E-state index is 12.3. The van der Waals surface area contributed by atoms with Crippen LogP contribution in [0.3, 0.4) is 0 Å². The first-order valence-electron chi connectivity index (χ1n) is 7.31. The fourth-order valence-corrected chi connectivity index (χ4v) is 2.48. The number of piperidine rings is 1. The second-order valence-electron chi connectivity index (χ2n) is 5.31. The highest BCUT2D eigenvalue weighted by molar-refractivity contribution is 5.76. The first kappa shape index (κ1) is 17.3. The number of carboxylic acids is 1. The van der Waals surface area contributed by atoms with E-state index < -0.39 is 5.97 Å². The average Bonchev–Trinajstić information content (AvgIpc) is 2.44. The van der Waals surface area contributed by atoms with Crippen molar-refractivity contribution in [3.8, 4) is 0 Å². The molecular formula is C14H24N2O5. The lowest BCUT2D eigenvalue weighted by Crippen LogP contribution is -2.47. The summed E-state index contributed by atoms with van der Waals surface area (Å²) in [6.45, 7) is 3.48. The molecule has 120 valence electrons. The Bertz CT molecular complexity index is 386. The van der Waals surface area contributed by atoms with Gasteiger partial charge in [0.25, 0.3) is 0 Å². The molecular weight excluding hydrogens is 276 g/mol. The molecule has 1 atom stereocenters. The summed E-state index contributed by atoms with van der Waals surface area (Å²) >= 11 is 0. The summed E-state index contributed by atoms with van der Waals surface area (Å²) in [6.07, 6.45) is 1.91. The summed E-state index contributed by atoms with van der Waals surface area (Å²) in [7, 11) is 1.64. The Morgan fingerprint density at radius 1 is 1.38 bits per heavy atom. The highest BCUT2D eigenvalue weighted by Gasteiger charge is 2.27. The standard InChI is InChI=1S/C14H24N2O5/c1-3-21-13(19)6-8-15(2)14(20)16-7-4-5-11(10-16)9-12(17)18/h11H,3-10H2,1-2H3,(H,17,18). The van der Waals surface area contributed by atoms with Gasteiger partial charge in [-0.2, -0.15) is 0 Å². The van der Waals surface area contributed by atoms with Crippen LogP contribution < -0.4 is 0 Å². The third-order valence-electron chi connectivity index (χ3n) is 3.54. The second kappa shape index (κ2) is 8.49. The van der Waals surface area contributed by atoms with E-state index in [0.29, 0.717) is 26.2 Å². The van der Waals surface area contributed by atoms with E-state index in [1.165, 1.54) is 4.90 Å². The summed E-state index contributed by atoms with van der Waals surface area (Å²) in [4.78, 5) is 37.4. The van der Waals surface area contributed by atoms with Gasteiger partial charge in [0.15, 0.2) is 0 Å². The number of hydrogen-bond acceptors (Lipinski definition) is 4. The third-order valence-corrected chi connectivity index (χ3v) is 3.54. The number of aliphatic carboxylic acids is 1. The van der Waals surface area contributed by atoms with Crippen LogP contribution in [-0.4, -0.2) is 66.2 Å². The Balaban J connectivity index is 2.42. The van der Waals surface area contributed by atoms with Crippen molar-refractivity contribution in [2.75, 3.05) is 33.3 Å². The SMILES string of the molecule is CCOC(=O)CCN(C)C(=O)N1CCCC(CC(=O)O)C1. The zero-order valence-corrected chi connectivity index (χ0v) is 12.7. The molecule has 1 aliphatic heterocycles. The number of hydrogen-bond donors (Lipinski definition) is 1. The smallest absolute Gasteiger partial charge is 0.319 e. The molecule has 0 aromatic carbocycles. The van der Waals surface area contributed by atoms with Crippen molar-refractivity contribution >= 4 is 18.0 Å². The predicted octanol–water partition coefficient (Wildman–Crippen LogP) is 1.18. The number of carbonyl (C=O) groups excluding carboxylic acids is 2. The molecule has 0 aromatic heterocycles. The zero-order valence-electron chi connectivity index (χ0n) is 12.7. The average molecular weight is 300 g/mol. The predicted molar refractivity (Wildman–Crippen MR) is 75.8 cm³/mol. The van der Waals surface area contributed by atoms with Gasteiger partial charge in [-0.05, 0) is 25.7 Å². The molecule has 0 aliphatic carbocycles. The molecule has 0 bridgehead atoms. The normalized spacial score (nSPS) is 18.2. The van der Waals surface area contributed by atoms with Crippen molar-refractivity contribution in [1.29, 1.82) is 0 Å². The first-order chi connectivity index (χ1) is 9.93. The number of carboxylic acid groups (broad SMARTS) is 1. The number of esters is 1. The molecule has 21 heavy (non-hydrogen) atoms. The van der Waals surface area contributed by atoms with E-state index >= 15 is 0 Å². The van der Waals surface area contributed by atoms with E-state index in [1.54, 1.807) is 18.9 Å². The highest BCUT2D eigenvalue weighted by Crippen LogP contribution is 2.20. The van der Waals surface area contributed by atoms with E-state index in [0.717, 1.165) is 12.8 Å². The zero-order chi connectivity index (χ0) is 15.8. The molecule has 7 nitrogen and oxygen atoms in total. The molecule has 0 radical (unpaired) electrons. The van der Waals surface area contributed by atoms with Crippen LogP contribution in [0.25, 0.3) is 0 Å². The van der Waals surface area contributed by atoms with E-state index in [-0.39, 0.29) is 30.8 Å². The van der Waals surface area contributed by atoms with Gasteiger partial charge >= 0.3 is 18.0 Å². The first-order valence-corrected chi connectivity index (χ1v) is 7.31. The van der Waals surface area contributed by atoms with Crippen LogP contribution in [-0.2, 0) is 14.3 Å². The van der Waals surface area contributed by atoms with Gasteiger partial charge in [-0.3, -0.25) is 9.59 Å². The molecule has 1 N–H and O–H groups in total. The lowest BCUT2D eigenvalue weighted by atomic mass is 9.95. The van der Waals surface area contributed by atoms with Crippen LogP contribution in [0.5, 0.6) is 0 Å². The number of carbonyl (C=O) groups is 3. The largest absolute Gasteiger partial charge is 0.481 e. The Labute approximate surface area is 124 Å². The number of amides is 2. The van der Waals surface area contributed by atoms with Crippen LogP contribution in [0, 0.1) is 5.92 Å². The summed E-state index contributed by atoms with van der Waals surface area (Å²) in [5.74, 6) is -1.14. The summed E-state index contributed by atoms with van der Waals surface area (Å²) in [6, 6.07) is -0.158. The van der Waals surface area contributed by atoms with Crippen molar-refractivity contribution in [3.05, 3.63) is 0 Å². The Kier molecular flexibility index (Phi) is 6.98. The van der Waals surface area contributed by atoms with Crippen LogP contribution in [0.4, 0.5) is 4.79 Å². The number of ether oxygens (including phenoxy) is 1. The number of urea groups is 1. The van der Waals surface area contributed by atoms with Gasteiger partial charge < -0.3 is 19.6 Å². The molecule has 0 saturated carbocycles. The fourth-order valence-electron chi connectivity index (χ4n) is 2.48. The van der Waals surface area contributed by atoms with Gasteiger partial charge in [-0.1, -0.05) is 0 Å². The number of nitrogens with zero attached hydrogens (tertiary/aromatic N) is 2. The van der Waals surface area contributed by atoms with Crippen molar-refractivity contribution in [3.63, 3.8) is 0 Å². The number of likely N-dealkylation sites (tertiary alicyclic amines) is 1. The van der Waals surface area contributed by atoms with E-state index in [1.807, 2.05) is 0 Å². The molecule has 2 amide bonds. The second-order valence-corrected chi connectivity index (χ2v) is 5.31. The van der Waals surface area contributed by atoms with Crippen molar-refractivity contribution in [1.82, 2.24) is 9.80 Å². The minimum absolute atomic E-state index is 0.0126. The lowest BCUT2D eigenvalue weighted by Gasteiger charge is -2.34. The fraction of sp³-hybridized carbons (Fsp3) is 0.786. The highest BCUT2D eigenvalue weighted by atomic mass is 16.5. The van der Waals surface area contributed by atoms with Gasteiger partial charge in [0.05, 0.1) is 13.0 Å². The van der Waals surface area contributed by atoms with Crippen LogP contribution in [0.15, 0.2) is 0 Å². The van der Waals surface area contributed by atoms with Crippen molar-refractivity contribution < 1.29 is 24.2 Å². The molecule has 0 aromatic rings. The maximum Gasteiger partial charge on any atom is 0.319 e. The molecule has 1 saturated heterocycles. The molecule has 0 spiro atoms. The topological polar surface area (TPSA) is 87.2 Å². The molecule has 1 rings (SSSR count). The third kappa shape index (κ3) is 6.01. The van der Waals surface area contributed by atoms with E-state index in [4.69, 9.17) is 9.84 Å². The van der Waals surface area contributed by atoms with Gasteiger partial charge in [0.1, 0.15) is 0 Å². The monoisotopic (exact) mass is 300 g/mol. The van der Waals surface area contributed by atoms with Gasteiger partial charge in [-0.15, -0.1) is 0 Å². The van der Waals surface area contributed by atoms with Crippen molar-refractivity contribution in [2.45, 2.75) is 32.6 Å². The van der Waals surface area contributed by atoms with E-state index in [2.05, 4.69) is 0 Å². The van der Waals surface area contributed by atoms with Crippen LogP contribution in [0.1, 0.15) is 32.6 Å². The van der Waals surface area contributed by atoms with Gasteiger partial charge in [-0.25, -0.2) is 4.79 Å². The van der Waals surface area contributed by atoms with Gasteiger partial charge in [0.2, 0.25) is 0 Å². The molecule has 1 unspecified atom stereocenters. The maximum atomic E-state index is 12.3. The Hall–Kier alpha value is -1.79. The Morgan fingerprint density at radius 3 is 2.71 bits per heavy atom. The molecule has 1 heterocycles. The Morgan fingerprint density at radius 2 is 2.10 bits per heavy atom.